The molecule has 1 amide bonds. The molecule has 0 aromatic heterocycles. The smallest absolute Gasteiger partial charge is 0.221 e. The van der Waals surface area contributed by atoms with Gasteiger partial charge in [-0.3, -0.25) is 4.79 Å². The average molecular weight is 265 g/mol. The molecule has 3 N–H and O–H groups in total. The maximum absolute atomic E-state index is 13.8. The van der Waals surface area contributed by atoms with Crippen molar-refractivity contribution in [2.75, 3.05) is 23.7 Å². The van der Waals surface area contributed by atoms with Gasteiger partial charge in [-0.05, 0) is 50.6 Å². The van der Waals surface area contributed by atoms with E-state index in [4.69, 9.17) is 0 Å². The number of benzene rings is 1. The predicted octanol–water partition coefficient (Wildman–Crippen LogP) is 2.34. The predicted molar refractivity (Wildman–Crippen MR) is 74.8 cm³/mol. The fourth-order valence-electron chi connectivity index (χ4n) is 2.30. The standard InChI is InChI=1S/C14H20FN3O/c1-10(19)17-12-4-5-13(15)14(9-12)18-11-3-2-7-16-8-6-11/h4-5,9,11,16,18H,2-3,6-8H2,1H3,(H,17,19). The van der Waals surface area contributed by atoms with Gasteiger partial charge in [0.1, 0.15) is 5.82 Å². The number of nitrogens with one attached hydrogen (secondary N) is 3. The Balaban J connectivity index is 2.07. The second-order valence-electron chi connectivity index (χ2n) is 4.90. The zero-order valence-corrected chi connectivity index (χ0v) is 11.1. The normalized spacial score (nSPS) is 19.6. The highest BCUT2D eigenvalue weighted by molar-refractivity contribution is 5.89. The molecule has 1 saturated heterocycles. The molecule has 104 valence electrons. The maximum Gasteiger partial charge on any atom is 0.221 e. The van der Waals surface area contributed by atoms with Gasteiger partial charge in [0.05, 0.1) is 5.69 Å². The van der Waals surface area contributed by atoms with Crippen LogP contribution in [-0.4, -0.2) is 25.0 Å². The molecule has 1 aromatic carbocycles. The summed E-state index contributed by atoms with van der Waals surface area (Å²) in [6, 6.07) is 4.87. The monoisotopic (exact) mass is 265 g/mol. The Morgan fingerprint density at radius 3 is 3.00 bits per heavy atom. The van der Waals surface area contributed by atoms with Crippen molar-refractivity contribution < 1.29 is 9.18 Å². The number of hydrogen-bond acceptors (Lipinski definition) is 3. The van der Waals surface area contributed by atoms with Crippen LogP contribution in [0.1, 0.15) is 26.2 Å². The van der Waals surface area contributed by atoms with Crippen LogP contribution < -0.4 is 16.0 Å². The van der Waals surface area contributed by atoms with E-state index in [-0.39, 0.29) is 17.8 Å². The van der Waals surface area contributed by atoms with Crippen LogP contribution in [0.15, 0.2) is 18.2 Å². The Morgan fingerprint density at radius 2 is 2.21 bits per heavy atom. The van der Waals surface area contributed by atoms with Crippen molar-refractivity contribution in [3.63, 3.8) is 0 Å². The summed E-state index contributed by atoms with van der Waals surface area (Å²) in [6.45, 7) is 3.41. The number of halogens is 1. The summed E-state index contributed by atoms with van der Waals surface area (Å²) in [5.74, 6) is -0.442. The maximum atomic E-state index is 13.8. The van der Waals surface area contributed by atoms with Crippen molar-refractivity contribution in [3.8, 4) is 0 Å². The molecule has 2 rings (SSSR count). The topological polar surface area (TPSA) is 53.2 Å². The number of hydrogen-bond donors (Lipinski definition) is 3. The first kappa shape index (κ1) is 13.8. The Bertz CT molecular complexity index is 442. The van der Waals surface area contributed by atoms with Gasteiger partial charge >= 0.3 is 0 Å². The molecule has 0 bridgehead atoms. The molecule has 0 saturated carbocycles. The van der Waals surface area contributed by atoms with Gasteiger partial charge in [0.25, 0.3) is 0 Å². The highest BCUT2D eigenvalue weighted by atomic mass is 19.1. The lowest BCUT2D eigenvalue weighted by molar-refractivity contribution is -0.114. The third-order valence-electron chi connectivity index (χ3n) is 3.22. The van der Waals surface area contributed by atoms with E-state index in [1.54, 1.807) is 12.1 Å². The molecule has 0 radical (unpaired) electrons. The van der Waals surface area contributed by atoms with Crippen LogP contribution in [0, 0.1) is 5.82 Å². The van der Waals surface area contributed by atoms with Gasteiger partial charge in [-0.2, -0.15) is 0 Å². The minimum Gasteiger partial charge on any atom is -0.380 e. The van der Waals surface area contributed by atoms with E-state index in [0.717, 1.165) is 32.4 Å². The molecule has 0 spiro atoms. The lowest BCUT2D eigenvalue weighted by atomic mass is 10.1. The number of anilines is 2. The quantitative estimate of drug-likeness (QED) is 0.786. The molecule has 1 fully saturated rings. The molecule has 4 nitrogen and oxygen atoms in total. The fourth-order valence-corrected chi connectivity index (χ4v) is 2.30. The van der Waals surface area contributed by atoms with Gasteiger partial charge in [-0.1, -0.05) is 0 Å². The van der Waals surface area contributed by atoms with E-state index in [1.165, 1.54) is 13.0 Å². The minimum atomic E-state index is -0.286. The summed E-state index contributed by atoms with van der Waals surface area (Å²) < 4.78 is 13.8. The lowest BCUT2D eigenvalue weighted by Gasteiger charge is -2.18. The lowest BCUT2D eigenvalue weighted by Crippen LogP contribution is -2.22. The number of amides is 1. The van der Waals surface area contributed by atoms with Gasteiger partial charge < -0.3 is 16.0 Å². The Kier molecular flexibility index (Phi) is 4.74. The zero-order chi connectivity index (χ0) is 13.7. The van der Waals surface area contributed by atoms with Gasteiger partial charge in [-0.15, -0.1) is 0 Å². The summed E-state index contributed by atoms with van der Waals surface area (Å²) >= 11 is 0. The summed E-state index contributed by atoms with van der Waals surface area (Å²) in [4.78, 5) is 11.0. The zero-order valence-electron chi connectivity index (χ0n) is 11.1. The van der Waals surface area contributed by atoms with Gasteiger partial charge in [0.15, 0.2) is 0 Å². The first-order valence-electron chi connectivity index (χ1n) is 6.69. The summed E-state index contributed by atoms with van der Waals surface area (Å²) in [6.07, 6.45) is 3.09. The van der Waals surface area contributed by atoms with Crippen LogP contribution in [0.2, 0.25) is 0 Å². The van der Waals surface area contributed by atoms with Gasteiger partial charge in [-0.25, -0.2) is 4.39 Å². The molecule has 5 heteroatoms. The molecular formula is C14H20FN3O. The third kappa shape index (κ3) is 4.21. The van der Waals surface area contributed by atoms with Crippen LogP contribution in [0.4, 0.5) is 15.8 Å². The molecule has 1 atom stereocenters. The highest BCUT2D eigenvalue weighted by Crippen LogP contribution is 2.22. The third-order valence-corrected chi connectivity index (χ3v) is 3.22. The van der Waals surface area contributed by atoms with Crippen LogP contribution >= 0.6 is 0 Å². The van der Waals surface area contributed by atoms with Crippen molar-refractivity contribution in [1.82, 2.24) is 5.32 Å². The fraction of sp³-hybridized carbons (Fsp3) is 0.500. The molecule has 1 unspecified atom stereocenters. The van der Waals surface area contributed by atoms with Gasteiger partial charge in [0, 0.05) is 18.7 Å². The van der Waals surface area contributed by atoms with E-state index in [2.05, 4.69) is 16.0 Å². The van der Waals surface area contributed by atoms with Crippen LogP contribution in [-0.2, 0) is 4.79 Å². The van der Waals surface area contributed by atoms with Crippen LogP contribution in [0.5, 0.6) is 0 Å². The van der Waals surface area contributed by atoms with Crippen molar-refractivity contribution in [3.05, 3.63) is 24.0 Å². The number of rotatable bonds is 3. The van der Waals surface area contributed by atoms with Crippen molar-refractivity contribution >= 4 is 17.3 Å². The van der Waals surface area contributed by atoms with Crippen molar-refractivity contribution in [2.45, 2.75) is 32.2 Å². The molecule has 1 heterocycles. The molecule has 1 aliphatic heterocycles. The Labute approximate surface area is 112 Å². The minimum absolute atomic E-state index is 0.156. The molecule has 1 aliphatic rings. The SMILES string of the molecule is CC(=O)Nc1ccc(F)c(NC2CCCNCC2)c1. The van der Waals surface area contributed by atoms with E-state index in [9.17, 15) is 9.18 Å². The van der Waals surface area contributed by atoms with Crippen molar-refractivity contribution in [1.29, 1.82) is 0 Å². The summed E-state index contributed by atoms with van der Waals surface area (Å²) in [5.41, 5.74) is 1.07. The van der Waals surface area contributed by atoms with E-state index >= 15 is 0 Å². The van der Waals surface area contributed by atoms with E-state index in [1.807, 2.05) is 0 Å². The van der Waals surface area contributed by atoms with Crippen LogP contribution in [0.3, 0.4) is 0 Å². The largest absolute Gasteiger partial charge is 0.380 e. The molecule has 1 aromatic rings. The first-order chi connectivity index (χ1) is 9.15. The second kappa shape index (κ2) is 6.52. The molecular weight excluding hydrogens is 245 g/mol. The summed E-state index contributed by atoms with van der Waals surface area (Å²) in [7, 11) is 0. The summed E-state index contributed by atoms with van der Waals surface area (Å²) in [5, 5.41) is 9.22. The van der Waals surface area contributed by atoms with Gasteiger partial charge in [0.2, 0.25) is 5.91 Å². The van der Waals surface area contributed by atoms with E-state index < -0.39 is 0 Å². The molecule has 19 heavy (non-hydrogen) atoms. The molecule has 0 aliphatic carbocycles. The first-order valence-corrected chi connectivity index (χ1v) is 6.69. The second-order valence-corrected chi connectivity index (χ2v) is 4.90. The highest BCUT2D eigenvalue weighted by Gasteiger charge is 2.13. The average Bonchev–Trinajstić information content (AvgIpc) is 2.61. The number of carbonyl (C=O) groups is 1. The number of carbonyl (C=O) groups excluding carboxylic acids is 1. The Morgan fingerprint density at radius 1 is 1.37 bits per heavy atom. The van der Waals surface area contributed by atoms with Crippen molar-refractivity contribution in [2.24, 2.45) is 0 Å². The van der Waals surface area contributed by atoms with Crippen LogP contribution in [0.25, 0.3) is 0 Å². The Hall–Kier alpha value is -1.62. The van der Waals surface area contributed by atoms with E-state index in [0.29, 0.717) is 11.4 Å².